The molecule has 15 heavy (non-hydrogen) atoms. The Balaban J connectivity index is 0.000000853. The van der Waals surface area contributed by atoms with Crippen molar-refractivity contribution in [2.24, 2.45) is 0 Å². The average Bonchev–Trinajstić information content (AvgIpc) is 2.86. The fraction of sp³-hybridized carbons (Fsp3) is 0.364. The van der Waals surface area contributed by atoms with E-state index in [2.05, 4.69) is 16.4 Å². The second kappa shape index (κ2) is 4.21. The standard InChI is InChI=1S/C11H12N2O.ClH/c1-3-8-7-10(9-4-2-5-12-9)14-11(8)13-6-1;/h1,3,6-7,9,12H,2,4-5H2;1H/t9-;/m0./s1. The summed E-state index contributed by atoms with van der Waals surface area (Å²) in [5.74, 6) is 1.02. The molecule has 2 aromatic rings. The van der Waals surface area contributed by atoms with Crippen LogP contribution in [0.4, 0.5) is 0 Å². The van der Waals surface area contributed by atoms with Gasteiger partial charge in [0.25, 0.3) is 0 Å². The molecule has 80 valence electrons. The molecule has 1 aliphatic rings. The molecule has 3 nitrogen and oxygen atoms in total. The molecule has 0 aromatic carbocycles. The molecule has 1 atom stereocenters. The van der Waals surface area contributed by atoms with Gasteiger partial charge in [-0.15, -0.1) is 12.4 Å². The molecule has 0 saturated carbocycles. The van der Waals surface area contributed by atoms with Crippen molar-refractivity contribution in [3.63, 3.8) is 0 Å². The summed E-state index contributed by atoms with van der Waals surface area (Å²) < 4.78 is 5.68. The number of pyridine rings is 1. The van der Waals surface area contributed by atoms with Crippen molar-refractivity contribution in [1.82, 2.24) is 10.3 Å². The Morgan fingerprint density at radius 3 is 3.13 bits per heavy atom. The number of fused-ring (bicyclic) bond motifs is 1. The van der Waals surface area contributed by atoms with E-state index in [1.165, 1.54) is 12.8 Å². The smallest absolute Gasteiger partial charge is 0.226 e. The summed E-state index contributed by atoms with van der Waals surface area (Å²) in [7, 11) is 0. The molecule has 1 N–H and O–H groups in total. The number of furan rings is 1. The van der Waals surface area contributed by atoms with Crippen LogP contribution in [-0.4, -0.2) is 11.5 Å². The lowest BCUT2D eigenvalue weighted by Crippen LogP contribution is -2.11. The van der Waals surface area contributed by atoms with Crippen LogP contribution >= 0.6 is 12.4 Å². The van der Waals surface area contributed by atoms with Gasteiger partial charge in [0.15, 0.2) is 0 Å². The van der Waals surface area contributed by atoms with Gasteiger partial charge in [-0.2, -0.15) is 0 Å². The van der Waals surface area contributed by atoms with Crippen LogP contribution < -0.4 is 5.32 Å². The Morgan fingerprint density at radius 1 is 1.47 bits per heavy atom. The van der Waals surface area contributed by atoms with Crippen molar-refractivity contribution >= 4 is 23.5 Å². The number of halogens is 1. The quantitative estimate of drug-likeness (QED) is 0.810. The number of rotatable bonds is 1. The molecule has 0 bridgehead atoms. The van der Waals surface area contributed by atoms with Crippen LogP contribution in [0, 0.1) is 0 Å². The highest BCUT2D eigenvalue weighted by atomic mass is 35.5. The van der Waals surface area contributed by atoms with Crippen molar-refractivity contribution in [3.05, 3.63) is 30.2 Å². The third-order valence-electron chi connectivity index (χ3n) is 2.72. The Hall–Kier alpha value is -1.06. The fourth-order valence-electron chi connectivity index (χ4n) is 1.99. The first-order chi connectivity index (χ1) is 6.93. The number of hydrogen-bond acceptors (Lipinski definition) is 3. The summed E-state index contributed by atoms with van der Waals surface area (Å²) in [4.78, 5) is 4.18. The summed E-state index contributed by atoms with van der Waals surface area (Å²) in [6.45, 7) is 1.09. The Bertz CT molecular complexity index is 416. The van der Waals surface area contributed by atoms with Gasteiger partial charge in [-0.3, -0.25) is 0 Å². The van der Waals surface area contributed by atoms with E-state index in [1.807, 2.05) is 12.1 Å². The van der Waals surface area contributed by atoms with Crippen LogP contribution in [0.15, 0.2) is 28.8 Å². The van der Waals surface area contributed by atoms with E-state index in [1.54, 1.807) is 6.20 Å². The SMILES string of the molecule is Cl.c1cnc2oc([C@@H]3CCCN3)cc2c1. The topological polar surface area (TPSA) is 38.1 Å². The molecule has 1 saturated heterocycles. The van der Waals surface area contributed by atoms with Gasteiger partial charge in [0.05, 0.1) is 6.04 Å². The van der Waals surface area contributed by atoms with Gasteiger partial charge in [-0.1, -0.05) is 0 Å². The summed E-state index contributed by atoms with van der Waals surface area (Å²) in [5, 5.41) is 4.51. The summed E-state index contributed by atoms with van der Waals surface area (Å²) in [6, 6.07) is 6.45. The molecule has 3 heterocycles. The number of aromatic nitrogens is 1. The van der Waals surface area contributed by atoms with Gasteiger partial charge >= 0.3 is 0 Å². The highest BCUT2D eigenvalue weighted by molar-refractivity contribution is 5.85. The van der Waals surface area contributed by atoms with Crippen molar-refractivity contribution in [2.75, 3.05) is 6.54 Å². The van der Waals surface area contributed by atoms with Crippen LogP contribution in [0.3, 0.4) is 0 Å². The van der Waals surface area contributed by atoms with Crippen molar-refractivity contribution in [2.45, 2.75) is 18.9 Å². The fourth-order valence-corrected chi connectivity index (χ4v) is 1.99. The van der Waals surface area contributed by atoms with E-state index in [0.717, 1.165) is 23.4 Å². The monoisotopic (exact) mass is 224 g/mol. The van der Waals surface area contributed by atoms with E-state index in [-0.39, 0.29) is 12.4 Å². The first kappa shape index (κ1) is 10.5. The molecule has 0 unspecified atom stereocenters. The number of nitrogens with zero attached hydrogens (tertiary/aromatic N) is 1. The van der Waals surface area contributed by atoms with Crippen LogP contribution in [0.5, 0.6) is 0 Å². The van der Waals surface area contributed by atoms with Gasteiger partial charge in [-0.25, -0.2) is 4.98 Å². The minimum atomic E-state index is 0. The Kier molecular flexibility index (Phi) is 2.93. The summed E-state index contributed by atoms with van der Waals surface area (Å²) >= 11 is 0. The maximum absolute atomic E-state index is 5.68. The molecule has 0 aliphatic carbocycles. The molecule has 0 spiro atoms. The van der Waals surface area contributed by atoms with E-state index >= 15 is 0 Å². The Morgan fingerprint density at radius 2 is 2.40 bits per heavy atom. The summed E-state index contributed by atoms with van der Waals surface area (Å²) in [5.41, 5.74) is 0.746. The zero-order valence-electron chi connectivity index (χ0n) is 8.27. The third kappa shape index (κ3) is 1.85. The molecule has 0 amide bonds. The van der Waals surface area contributed by atoms with E-state index in [9.17, 15) is 0 Å². The lowest BCUT2D eigenvalue weighted by molar-refractivity contribution is 0.465. The third-order valence-corrected chi connectivity index (χ3v) is 2.72. The minimum Gasteiger partial charge on any atom is -0.441 e. The van der Waals surface area contributed by atoms with Crippen molar-refractivity contribution in [1.29, 1.82) is 0 Å². The second-order valence-corrected chi connectivity index (χ2v) is 3.70. The Labute approximate surface area is 94.3 Å². The molecule has 1 aliphatic heterocycles. The van der Waals surface area contributed by atoms with E-state index in [4.69, 9.17) is 4.42 Å². The molecular formula is C11H13ClN2O. The maximum Gasteiger partial charge on any atom is 0.226 e. The van der Waals surface area contributed by atoms with Gasteiger partial charge < -0.3 is 9.73 Å². The normalized spacial score (nSPS) is 20.4. The van der Waals surface area contributed by atoms with Crippen molar-refractivity contribution < 1.29 is 4.42 Å². The second-order valence-electron chi connectivity index (χ2n) is 3.70. The van der Waals surface area contributed by atoms with E-state index in [0.29, 0.717) is 6.04 Å². The zero-order chi connectivity index (χ0) is 9.38. The molecule has 0 radical (unpaired) electrons. The van der Waals surface area contributed by atoms with Crippen LogP contribution in [-0.2, 0) is 0 Å². The highest BCUT2D eigenvalue weighted by Crippen LogP contribution is 2.27. The van der Waals surface area contributed by atoms with E-state index < -0.39 is 0 Å². The molecule has 1 fully saturated rings. The number of nitrogens with one attached hydrogen (secondary N) is 1. The van der Waals surface area contributed by atoms with Gasteiger partial charge in [0, 0.05) is 11.6 Å². The first-order valence-corrected chi connectivity index (χ1v) is 5.01. The average molecular weight is 225 g/mol. The van der Waals surface area contributed by atoms with Gasteiger partial charge in [-0.05, 0) is 37.6 Å². The number of hydrogen-bond donors (Lipinski definition) is 1. The lowest BCUT2D eigenvalue weighted by atomic mass is 10.2. The first-order valence-electron chi connectivity index (χ1n) is 5.01. The van der Waals surface area contributed by atoms with Crippen LogP contribution in [0.1, 0.15) is 24.6 Å². The molecule has 4 heteroatoms. The predicted molar refractivity (Wildman–Crippen MR) is 61.2 cm³/mol. The maximum atomic E-state index is 5.68. The zero-order valence-corrected chi connectivity index (χ0v) is 9.09. The molecular weight excluding hydrogens is 212 g/mol. The lowest BCUT2D eigenvalue weighted by Gasteiger charge is -2.03. The summed E-state index contributed by atoms with van der Waals surface area (Å²) in [6.07, 6.45) is 4.16. The van der Waals surface area contributed by atoms with Crippen molar-refractivity contribution in [3.8, 4) is 0 Å². The highest BCUT2D eigenvalue weighted by Gasteiger charge is 2.19. The molecule has 3 rings (SSSR count). The minimum absolute atomic E-state index is 0. The largest absolute Gasteiger partial charge is 0.441 e. The van der Waals surface area contributed by atoms with Crippen LogP contribution in [0.2, 0.25) is 0 Å². The molecule has 2 aromatic heterocycles. The van der Waals surface area contributed by atoms with Crippen LogP contribution in [0.25, 0.3) is 11.1 Å². The van der Waals surface area contributed by atoms with Gasteiger partial charge in [0.2, 0.25) is 5.71 Å². The predicted octanol–water partition coefficient (Wildman–Crippen LogP) is 2.67. The van der Waals surface area contributed by atoms with Gasteiger partial charge in [0.1, 0.15) is 5.76 Å².